The molecule has 1 rings (SSSR count). The van der Waals surface area contributed by atoms with Crippen molar-refractivity contribution >= 4 is 0 Å². The Balaban J connectivity index is 2.17. The summed E-state index contributed by atoms with van der Waals surface area (Å²) in [4.78, 5) is 2.52. The number of rotatable bonds is 7. The van der Waals surface area contributed by atoms with E-state index in [-0.39, 0.29) is 6.10 Å². The zero-order valence-electron chi connectivity index (χ0n) is 11.8. The molecule has 1 fully saturated rings. The second kappa shape index (κ2) is 8.06. The van der Waals surface area contributed by atoms with Crippen molar-refractivity contribution in [2.45, 2.75) is 58.6 Å². The molecule has 0 spiro atoms. The summed E-state index contributed by atoms with van der Waals surface area (Å²) < 4.78 is 0. The Morgan fingerprint density at radius 3 is 2.47 bits per heavy atom. The molecule has 102 valence electrons. The fourth-order valence-electron chi connectivity index (χ4n) is 2.69. The zero-order chi connectivity index (χ0) is 12.7. The van der Waals surface area contributed by atoms with Crippen LogP contribution in [0, 0.1) is 5.92 Å². The molecule has 0 aromatic carbocycles. The average molecular weight is 242 g/mol. The van der Waals surface area contributed by atoms with Crippen molar-refractivity contribution in [2.75, 3.05) is 26.2 Å². The number of likely N-dealkylation sites (tertiary alicyclic amines) is 1. The summed E-state index contributed by atoms with van der Waals surface area (Å²) in [5.41, 5.74) is 0. The minimum atomic E-state index is -0.168. The molecule has 0 aromatic heterocycles. The molecule has 17 heavy (non-hydrogen) atoms. The van der Waals surface area contributed by atoms with Crippen LogP contribution in [0.4, 0.5) is 0 Å². The molecule has 0 radical (unpaired) electrons. The molecular formula is C14H30N2O. The standard InChI is InChI=1S/C14H30N2O/c1-4-6-14(17)11-15-12(3)13-7-9-16(5-2)10-8-13/h12-15,17H,4-11H2,1-3H3. The van der Waals surface area contributed by atoms with Crippen LogP contribution >= 0.6 is 0 Å². The van der Waals surface area contributed by atoms with Crippen molar-refractivity contribution in [1.82, 2.24) is 10.2 Å². The third-order valence-electron chi connectivity index (χ3n) is 4.08. The van der Waals surface area contributed by atoms with Crippen LogP contribution in [-0.2, 0) is 0 Å². The fourth-order valence-corrected chi connectivity index (χ4v) is 2.69. The van der Waals surface area contributed by atoms with Gasteiger partial charge < -0.3 is 15.3 Å². The maximum Gasteiger partial charge on any atom is 0.0664 e. The third-order valence-corrected chi connectivity index (χ3v) is 4.08. The van der Waals surface area contributed by atoms with Crippen LogP contribution in [0.1, 0.15) is 46.5 Å². The van der Waals surface area contributed by atoms with Gasteiger partial charge in [-0.3, -0.25) is 0 Å². The Hall–Kier alpha value is -0.120. The highest BCUT2D eigenvalue weighted by Gasteiger charge is 2.23. The number of piperidine rings is 1. The van der Waals surface area contributed by atoms with Crippen molar-refractivity contribution < 1.29 is 5.11 Å². The van der Waals surface area contributed by atoms with Gasteiger partial charge >= 0.3 is 0 Å². The van der Waals surface area contributed by atoms with Gasteiger partial charge in [0.2, 0.25) is 0 Å². The molecule has 0 aliphatic carbocycles. The Labute approximate surface area is 107 Å². The predicted octanol–water partition coefficient (Wildman–Crippen LogP) is 1.86. The van der Waals surface area contributed by atoms with Crippen LogP contribution < -0.4 is 5.32 Å². The zero-order valence-corrected chi connectivity index (χ0v) is 11.8. The van der Waals surface area contributed by atoms with Crippen molar-refractivity contribution in [3.63, 3.8) is 0 Å². The van der Waals surface area contributed by atoms with Gasteiger partial charge in [0.15, 0.2) is 0 Å². The topological polar surface area (TPSA) is 35.5 Å². The van der Waals surface area contributed by atoms with E-state index >= 15 is 0 Å². The van der Waals surface area contributed by atoms with Crippen molar-refractivity contribution in [3.05, 3.63) is 0 Å². The van der Waals surface area contributed by atoms with Gasteiger partial charge in [0.25, 0.3) is 0 Å². The number of nitrogens with zero attached hydrogens (tertiary/aromatic N) is 1. The summed E-state index contributed by atoms with van der Waals surface area (Å²) in [7, 11) is 0. The maximum atomic E-state index is 9.71. The number of nitrogens with one attached hydrogen (secondary N) is 1. The van der Waals surface area contributed by atoms with E-state index in [1.807, 2.05) is 0 Å². The number of hydrogen-bond donors (Lipinski definition) is 2. The monoisotopic (exact) mass is 242 g/mol. The van der Waals surface area contributed by atoms with Gasteiger partial charge in [-0.2, -0.15) is 0 Å². The summed E-state index contributed by atoms with van der Waals surface area (Å²) in [5.74, 6) is 0.784. The second-order valence-electron chi connectivity index (χ2n) is 5.41. The average Bonchev–Trinajstić information content (AvgIpc) is 2.36. The molecule has 1 saturated heterocycles. The van der Waals surface area contributed by atoms with Gasteiger partial charge in [-0.25, -0.2) is 0 Å². The first kappa shape index (κ1) is 14.9. The van der Waals surface area contributed by atoms with Gasteiger partial charge in [0, 0.05) is 12.6 Å². The molecule has 0 amide bonds. The van der Waals surface area contributed by atoms with E-state index in [9.17, 15) is 5.11 Å². The van der Waals surface area contributed by atoms with Crippen molar-refractivity contribution in [1.29, 1.82) is 0 Å². The lowest BCUT2D eigenvalue weighted by atomic mass is 9.90. The van der Waals surface area contributed by atoms with E-state index in [2.05, 4.69) is 31.0 Å². The molecule has 2 N–H and O–H groups in total. The fraction of sp³-hybridized carbons (Fsp3) is 1.00. The van der Waals surface area contributed by atoms with Gasteiger partial charge in [-0.15, -0.1) is 0 Å². The Morgan fingerprint density at radius 1 is 1.29 bits per heavy atom. The molecule has 0 bridgehead atoms. The van der Waals surface area contributed by atoms with Crippen LogP contribution in [0.3, 0.4) is 0 Å². The predicted molar refractivity (Wildman–Crippen MR) is 73.2 cm³/mol. The number of aliphatic hydroxyl groups is 1. The van der Waals surface area contributed by atoms with Gasteiger partial charge in [-0.05, 0) is 51.7 Å². The lowest BCUT2D eigenvalue weighted by Crippen LogP contribution is -2.43. The quantitative estimate of drug-likeness (QED) is 0.715. The van der Waals surface area contributed by atoms with Crippen molar-refractivity contribution in [2.24, 2.45) is 5.92 Å². The molecule has 1 aliphatic heterocycles. The van der Waals surface area contributed by atoms with Gasteiger partial charge in [-0.1, -0.05) is 20.3 Å². The molecule has 3 nitrogen and oxygen atoms in total. The van der Waals surface area contributed by atoms with E-state index in [0.29, 0.717) is 6.04 Å². The lowest BCUT2D eigenvalue weighted by Gasteiger charge is -2.34. The Morgan fingerprint density at radius 2 is 1.94 bits per heavy atom. The molecular weight excluding hydrogens is 212 g/mol. The molecule has 0 aromatic rings. The summed E-state index contributed by atoms with van der Waals surface area (Å²) in [6.07, 6.45) is 4.40. The van der Waals surface area contributed by atoms with E-state index in [1.165, 1.54) is 32.5 Å². The minimum Gasteiger partial charge on any atom is -0.392 e. The molecule has 3 heteroatoms. The van der Waals surface area contributed by atoms with E-state index in [1.54, 1.807) is 0 Å². The summed E-state index contributed by atoms with van der Waals surface area (Å²) >= 11 is 0. The molecule has 1 aliphatic rings. The van der Waals surface area contributed by atoms with Gasteiger partial charge in [0.1, 0.15) is 0 Å². The normalized spacial score (nSPS) is 22.6. The molecule has 2 unspecified atom stereocenters. The van der Waals surface area contributed by atoms with Crippen LogP contribution in [0.2, 0.25) is 0 Å². The van der Waals surface area contributed by atoms with Crippen LogP contribution in [0.25, 0.3) is 0 Å². The molecule has 1 heterocycles. The summed E-state index contributed by atoms with van der Waals surface area (Å²) in [5, 5.41) is 13.2. The number of aliphatic hydroxyl groups excluding tert-OH is 1. The Bertz CT molecular complexity index is 191. The molecule has 0 saturated carbocycles. The highest BCUT2D eigenvalue weighted by atomic mass is 16.3. The Kier molecular flexibility index (Phi) is 7.09. The van der Waals surface area contributed by atoms with E-state index < -0.39 is 0 Å². The second-order valence-corrected chi connectivity index (χ2v) is 5.41. The smallest absolute Gasteiger partial charge is 0.0664 e. The third kappa shape index (κ3) is 5.36. The maximum absolute atomic E-state index is 9.71. The minimum absolute atomic E-state index is 0.168. The first-order chi connectivity index (χ1) is 8.17. The summed E-state index contributed by atoms with van der Waals surface area (Å²) in [6, 6.07) is 0.542. The lowest BCUT2D eigenvalue weighted by molar-refractivity contribution is 0.136. The van der Waals surface area contributed by atoms with Crippen LogP contribution in [0.15, 0.2) is 0 Å². The highest BCUT2D eigenvalue weighted by molar-refractivity contribution is 4.79. The first-order valence-corrected chi connectivity index (χ1v) is 7.31. The van der Waals surface area contributed by atoms with Crippen LogP contribution in [-0.4, -0.2) is 48.3 Å². The van der Waals surface area contributed by atoms with E-state index in [0.717, 1.165) is 25.3 Å². The SMILES string of the molecule is CCCC(O)CNC(C)C1CCN(CC)CC1. The highest BCUT2D eigenvalue weighted by Crippen LogP contribution is 2.20. The number of hydrogen-bond acceptors (Lipinski definition) is 3. The van der Waals surface area contributed by atoms with Crippen LogP contribution in [0.5, 0.6) is 0 Å². The van der Waals surface area contributed by atoms with Gasteiger partial charge in [0.05, 0.1) is 6.10 Å². The first-order valence-electron chi connectivity index (χ1n) is 7.31. The summed E-state index contributed by atoms with van der Waals surface area (Å²) in [6.45, 7) is 11.0. The van der Waals surface area contributed by atoms with Crippen molar-refractivity contribution in [3.8, 4) is 0 Å². The van der Waals surface area contributed by atoms with E-state index in [4.69, 9.17) is 0 Å². The molecule has 2 atom stereocenters. The largest absolute Gasteiger partial charge is 0.392 e.